The third-order valence-corrected chi connectivity index (χ3v) is 4.21. The molecule has 0 saturated carbocycles. The zero-order valence-electron chi connectivity index (χ0n) is 12.2. The lowest BCUT2D eigenvalue weighted by molar-refractivity contribution is 0.241. The number of hydrogen-bond acceptors (Lipinski definition) is 3. The molecule has 1 unspecified atom stereocenters. The van der Waals surface area contributed by atoms with E-state index in [0.29, 0.717) is 18.4 Å². The number of methoxy groups -OCH3 is 1. The number of ether oxygens (including phenoxy) is 2. The van der Waals surface area contributed by atoms with Gasteiger partial charge < -0.3 is 9.47 Å². The molecule has 4 heteroatoms. The monoisotopic (exact) mass is 303 g/mol. The van der Waals surface area contributed by atoms with Crippen LogP contribution in [0.3, 0.4) is 0 Å². The molecule has 1 aromatic carbocycles. The Morgan fingerprint density at radius 3 is 2.95 bits per heavy atom. The smallest absolute Gasteiger partial charge is 0.213 e. The van der Waals surface area contributed by atoms with Crippen LogP contribution in [0.15, 0.2) is 30.5 Å². The molecule has 0 N–H and O–H groups in total. The standard InChI is InChI=1S/C17H18ClNO2/c1-3-11-6-12-4-5-13(18)7-14(12)15-8-17(20-2)19-9-16(15)21-10-11/h4-5,7-9,11H,3,6,10H2,1-2H3. The van der Waals surface area contributed by atoms with E-state index in [1.807, 2.05) is 18.2 Å². The summed E-state index contributed by atoms with van der Waals surface area (Å²) in [5, 5.41) is 0.726. The molecule has 2 heterocycles. The molecule has 21 heavy (non-hydrogen) atoms. The first-order valence-electron chi connectivity index (χ1n) is 7.17. The molecule has 0 fully saturated rings. The lowest BCUT2D eigenvalue weighted by Crippen LogP contribution is -2.17. The molecule has 0 saturated heterocycles. The van der Waals surface area contributed by atoms with Crippen LogP contribution in [-0.4, -0.2) is 18.7 Å². The molecule has 1 aliphatic rings. The fourth-order valence-electron chi connectivity index (χ4n) is 2.68. The van der Waals surface area contributed by atoms with Crippen LogP contribution < -0.4 is 9.47 Å². The van der Waals surface area contributed by atoms with Crippen molar-refractivity contribution in [2.75, 3.05) is 13.7 Å². The van der Waals surface area contributed by atoms with Crippen molar-refractivity contribution in [3.8, 4) is 22.8 Å². The van der Waals surface area contributed by atoms with Crippen LogP contribution in [0.25, 0.3) is 11.1 Å². The van der Waals surface area contributed by atoms with Gasteiger partial charge in [-0.1, -0.05) is 24.6 Å². The molecule has 3 rings (SSSR count). The normalized spacial score (nSPS) is 17.0. The minimum absolute atomic E-state index is 0.500. The van der Waals surface area contributed by atoms with Crippen molar-refractivity contribution in [2.24, 2.45) is 5.92 Å². The van der Waals surface area contributed by atoms with Crippen molar-refractivity contribution in [2.45, 2.75) is 19.8 Å². The van der Waals surface area contributed by atoms with Gasteiger partial charge in [0.2, 0.25) is 5.88 Å². The maximum atomic E-state index is 6.19. The molecule has 0 spiro atoms. The molecule has 3 nitrogen and oxygen atoms in total. The van der Waals surface area contributed by atoms with E-state index in [0.717, 1.165) is 34.7 Å². The van der Waals surface area contributed by atoms with Gasteiger partial charge in [0.05, 0.1) is 19.9 Å². The molecular formula is C17H18ClNO2. The first-order valence-corrected chi connectivity index (χ1v) is 7.54. The zero-order valence-corrected chi connectivity index (χ0v) is 13.0. The molecular weight excluding hydrogens is 286 g/mol. The van der Waals surface area contributed by atoms with E-state index >= 15 is 0 Å². The van der Waals surface area contributed by atoms with Gasteiger partial charge in [-0.05, 0) is 42.0 Å². The van der Waals surface area contributed by atoms with Crippen molar-refractivity contribution in [3.63, 3.8) is 0 Å². The highest BCUT2D eigenvalue weighted by Gasteiger charge is 2.20. The molecule has 1 atom stereocenters. The van der Waals surface area contributed by atoms with E-state index in [2.05, 4.69) is 18.0 Å². The maximum absolute atomic E-state index is 6.19. The van der Waals surface area contributed by atoms with Gasteiger partial charge in [0.1, 0.15) is 5.75 Å². The Labute approximate surface area is 129 Å². The number of rotatable bonds is 2. The Hall–Kier alpha value is -1.74. The first-order chi connectivity index (χ1) is 10.2. The lowest BCUT2D eigenvalue weighted by Gasteiger charge is -2.24. The second kappa shape index (κ2) is 5.94. The van der Waals surface area contributed by atoms with Gasteiger partial charge in [-0.25, -0.2) is 4.98 Å². The summed E-state index contributed by atoms with van der Waals surface area (Å²) in [6, 6.07) is 7.98. The van der Waals surface area contributed by atoms with Crippen molar-refractivity contribution < 1.29 is 9.47 Å². The average Bonchev–Trinajstić information content (AvgIpc) is 2.50. The quantitative estimate of drug-likeness (QED) is 0.825. The van der Waals surface area contributed by atoms with Crippen LogP contribution >= 0.6 is 11.6 Å². The van der Waals surface area contributed by atoms with E-state index in [1.54, 1.807) is 13.3 Å². The predicted octanol–water partition coefficient (Wildman–Crippen LogP) is 4.37. The van der Waals surface area contributed by atoms with Gasteiger partial charge in [-0.3, -0.25) is 0 Å². The van der Waals surface area contributed by atoms with E-state index in [-0.39, 0.29) is 0 Å². The highest BCUT2D eigenvalue weighted by Crippen LogP contribution is 2.38. The topological polar surface area (TPSA) is 31.4 Å². The molecule has 0 bridgehead atoms. The van der Waals surface area contributed by atoms with Crippen LogP contribution in [0.4, 0.5) is 0 Å². The number of pyridine rings is 1. The largest absolute Gasteiger partial charge is 0.491 e. The average molecular weight is 304 g/mol. The Bertz CT molecular complexity index is 657. The van der Waals surface area contributed by atoms with Crippen LogP contribution in [0.1, 0.15) is 18.9 Å². The van der Waals surface area contributed by atoms with Gasteiger partial charge >= 0.3 is 0 Å². The Balaban J connectivity index is 2.18. The molecule has 2 aromatic rings. The fourth-order valence-corrected chi connectivity index (χ4v) is 2.85. The van der Waals surface area contributed by atoms with E-state index in [4.69, 9.17) is 21.1 Å². The zero-order chi connectivity index (χ0) is 14.8. The van der Waals surface area contributed by atoms with Gasteiger partial charge in [0.15, 0.2) is 0 Å². The lowest BCUT2D eigenvalue weighted by atomic mass is 9.90. The summed E-state index contributed by atoms with van der Waals surface area (Å²) in [6.07, 6.45) is 3.81. The molecule has 110 valence electrons. The summed E-state index contributed by atoms with van der Waals surface area (Å²) in [4.78, 5) is 4.25. The number of hydrogen-bond donors (Lipinski definition) is 0. The van der Waals surface area contributed by atoms with Crippen LogP contribution in [-0.2, 0) is 6.42 Å². The minimum atomic E-state index is 0.500. The Kier molecular flexibility index (Phi) is 4.02. The molecule has 1 aromatic heterocycles. The van der Waals surface area contributed by atoms with Gasteiger partial charge in [-0.2, -0.15) is 0 Å². The molecule has 0 amide bonds. The van der Waals surface area contributed by atoms with Crippen LogP contribution in [0.5, 0.6) is 11.6 Å². The summed E-state index contributed by atoms with van der Waals surface area (Å²) in [5.74, 6) is 1.87. The highest BCUT2D eigenvalue weighted by molar-refractivity contribution is 6.30. The Morgan fingerprint density at radius 2 is 2.19 bits per heavy atom. The van der Waals surface area contributed by atoms with Crippen molar-refractivity contribution >= 4 is 11.6 Å². The maximum Gasteiger partial charge on any atom is 0.213 e. The molecule has 1 aliphatic heterocycles. The molecule has 0 radical (unpaired) electrons. The SMILES string of the molecule is CCC1COc2cnc(OC)cc2-c2cc(Cl)ccc2C1. The second-order valence-electron chi connectivity index (χ2n) is 5.31. The van der Waals surface area contributed by atoms with Crippen molar-refractivity contribution in [1.29, 1.82) is 0 Å². The fraction of sp³-hybridized carbons (Fsp3) is 0.353. The minimum Gasteiger partial charge on any atom is -0.491 e. The van der Waals surface area contributed by atoms with Gasteiger partial charge in [-0.15, -0.1) is 0 Å². The number of nitrogens with zero attached hydrogens (tertiary/aromatic N) is 1. The number of aromatic nitrogens is 1. The summed E-state index contributed by atoms with van der Waals surface area (Å²) in [5.41, 5.74) is 3.40. The Morgan fingerprint density at radius 1 is 1.33 bits per heavy atom. The first kappa shape index (κ1) is 14.2. The van der Waals surface area contributed by atoms with Gasteiger partial charge in [0.25, 0.3) is 0 Å². The van der Waals surface area contributed by atoms with Crippen molar-refractivity contribution in [1.82, 2.24) is 4.98 Å². The number of benzene rings is 1. The third kappa shape index (κ3) is 2.84. The summed E-state index contributed by atoms with van der Waals surface area (Å²) < 4.78 is 11.2. The van der Waals surface area contributed by atoms with Gasteiger partial charge in [0, 0.05) is 16.7 Å². The molecule has 0 aliphatic carbocycles. The van der Waals surface area contributed by atoms with Crippen LogP contribution in [0.2, 0.25) is 5.02 Å². The summed E-state index contributed by atoms with van der Waals surface area (Å²) >= 11 is 6.19. The predicted molar refractivity (Wildman–Crippen MR) is 84.2 cm³/mol. The highest BCUT2D eigenvalue weighted by atomic mass is 35.5. The van der Waals surface area contributed by atoms with E-state index in [9.17, 15) is 0 Å². The summed E-state index contributed by atoms with van der Waals surface area (Å²) in [7, 11) is 1.62. The summed E-state index contributed by atoms with van der Waals surface area (Å²) in [6.45, 7) is 2.90. The van der Waals surface area contributed by atoms with Crippen LogP contribution in [0, 0.1) is 5.92 Å². The van der Waals surface area contributed by atoms with E-state index < -0.39 is 0 Å². The number of fused-ring (bicyclic) bond motifs is 3. The van der Waals surface area contributed by atoms with Crippen molar-refractivity contribution in [3.05, 3.63) is 41.0 Å². The second-order valence-corrected chi connectivity index (χ2v) is 5.75. The number of halogens is 1. The van der Waals surface area contributed by atoms with E-state index in [1.165, 1.54) is 5.56 Å². The third-order valence-electron chi connectivity index (χ3n) is 3.97.